The number of hydrogen-bond acceptors (Lipinski definition) is 2. The molecule has 1 atom stereocenters. The van der Waals surface area contributed by atoms with Crippen LogP contribution in [-0.4, -0.2) is 12.8 Å². The van der Waals surface area contributed by atoms with Gasteiger partial charge in [-0.25, -0.2) is 0 Å². The molecule has 0 amide bonds. The third kappa shape index (κ3) is 1.14. The summed E-state index contributed by atoms with van der Waals surface area (Å²) in [4.78, 5) is 4.40. The van der Waals surface area contributed by atoms with Crippen molar-refractivity contribution in [3.8, 4) is 0 Å². The van der Waals surface area contributed by atoms with Crippen molar-refractivity contribution in [3.05, 3.63) is 35.9 Å². The first-order valence-corrected chi connectivity index (χ1v) is 4.15. The van der Waals surface area contributed by atoms with E-state index in [1.165, 1.54) is 5.56 Å². The van der Waals surface area contributed by atoms with Crippen LogP contribution < -0.4 is 5.32 Å². The molecule has 2 heteroatoms. The van der Waals surface area contributed by atoms with Gasteiger partial charge in [-0.3, -0.25) is 10.3 Å². The van der Waals surface area contributed by atoms with E-state index in [1.54, 1.807) is 0 Å². The van der Waals surface area contributed by atoms with Crippen LogP contribution in [0.15, 0.2) is 35.3 Å². The first-order valence-electron chi connectivity index (χ1n) is 4.15. The minimum atomic E-state index is -0.193. The van der Waals surface area contributed by atoms with Gasteiger partial charge in [-0.05, 0) is 12.5 Å². The Balaban J connectivity index is 2.36. The van der Waals surface area contributed by atoms with E-state index in [0.717, 1.165) is 6.54 Å². The van der Waals surface area contributed by atoms with Crippen LogP contribution in [0.25, 0.3) is 0 Å². The monoisotopic (exact) mass is 160 g/mol. The van der Waals surface area contributed by atoms with Gasteiger partial charge in [-0.1, -0.05) is 30.3 Å². The number of hydrogen-bond donors (Lipinski definition) is 1. The van der Waals surface area contributed by atoms with Crippen LogP contribution in [0.4, 0.5) is 0 Å². The van der Waals surface area contributed by atoms with E-state index in [4.69, 9.17) is 0 Å². The summed E-state index contributed by atoms with van der Waals surface area (Å²) in [7, 11) is 0. The molecule has 0 saturated carbocycles. The second-order valence-corrected chi connectivity index (χ2v) is 3.13. The van der Waals surface area contributed by atoms with Crippen molar-refractivity contribution >= 4 is 6.21 Å². The van der Waals surface area contributed by atoms with Crippen LogP contribution in [0, 0.1) is 0 Å². The summed E-state index contributed by atoms with van der Waals surface area (Å²) in [5.74, 6) is 0. The lowest BCUT2D eigenvalue weighted by atomic mass is 10.0. The zero-order valence-electron chi connectivity index (χ0n) is 7.12. The highest BCUT2D eigenvalue weighted by molar-refractivity contribution is 5.63. The molecule has 0 saturated heterocycles. The SMILES string of the molecule is CC1(c2ccccc2)N=CCN1. The van der Waals surface area contributed by atoms with Crippen molar-refractivity contribution in [2.45, 2.75) is 12.6 Å². The maximum absolute atomic E-state index is 4.40. The molecular formula is C10H12N2. The molecule has 1 aliphatic rings. The quantitative estimate of drug-likeness (QED) is 0.662. The highest BCUT2D eigenvalue weighted by Crippen LogP contribution is 2.23. The van der Waals surface area contributed by atoms with E-state index in [1.807, 2.05) is 24.4 Å². The van der Waals surface area contributed by atoms with Crippen LogP contribution in [0.5, 0.6) is 0 Å². The highest BCUT2D eigenvalue weighted by atomic mass is 15.2. The van der Waals surface area contributed by atoms with Crippen molar-refractivity contribution in [2.75, 3.05) is 6.54 Å². The molecule has 2 nitrogen and oxygen atoms in total. The van der Waals surface area contributed by atoms with Crippen LogP contribution in [-0.2, 0) is 5.66 Å². The van der Waals surface area contributed by atoms with E-state index < -0.39 is 0 Å². The number of benzene rings is 1. The predicted molar refractivity (Wildman–Crippen MR) is 50.3 cm³/mol. The van der Waals surface area contributed by atoms with Gasteiger partial charge in [0.1, 0.15) is 5.66 Å². The van der Waals surface area contributed by atoms with Crippen molar-refractivity contribution in [1.82, 2.24) is 5.32 Å². The van der Waals surface area contributed by atoms with Crippen molar-refractivity contribution in [3.63, 3.8) is 0 Å². The van der Waals surface area contributed by atoms with Gasteiger partial charge in [-0.2, -0.15) is 0 Å². The minimum absolute atomic E-state index is 0.193. The first kappa shape index (κ1) is 7.50. The molecule has 1 aromatic rings. The topological polar surface area (TPSA) is 24.4 Å². The Labute approximate surface area is 72.3 Å². The van der Waals surface area contributed by atoms with Gasteiger partial charge in [0.2, 0.25) is 0 Å². The van der Waals surface area contributed by atoms with Crippen LogP contribution >= 0.6 is 0 Å². The fraction of sp³-hybridized carbons (Fsp3) is 0.300. The van der Waals surface area contributed by atoms with Crippen molar-refractivity contribution < 1.29 is 0 Å². The molecule has 1 aliphatic heterocycles. The van der Waals surface area contributed by atoms with Crippen molar-refractivity contribution in [1.29, 1.82) is 0 Å². The minimum Gasteiger partial charge on any atom is -0.285 e. The first-order chi connectivity index (χ1) is 5.81. The molecule has 2 rings (SSSR count). The number of rotatable bonds is 1. The van der Waals surface area contributed by atoms with Gasteiger partial charge in [-0.15, -0.1) is 0 Å². The molecule has 0 aromatic heterocycles. The smallest absolute Gasteiger partial charge is 0.133 e. The van der Waals surface area contributed by atoms with E-state index in [9.17, 15) is 0 Å². The van der Waals surface area contributed by atoms with Crippen molar-refractivity contribution in [2.24, 2.45) is 4.99 Å². The number of nitrogens with zero attached hydrogens (tertiary/aromatic N) is 1. The van der Waals surface area contributed by atoms with Gasteiger partial charge in [0.15, 0.2) is 0 Å². The Bertz CT molecular complexity index is 292. The predicted octanol–water partition coefficient (Wildman–Crippen LogP) is 1.53. The molecule has 0 aliphatic carbocycles. The number of nitrogens with one attached hydrogen (secondary N) is 1. The van der Waals surface area contributed by atoms with E-state index in [-0.39, 0.29) is 5.66 Å². The van der Waals surface area contributed by atoms with Crippen LogP contribution in [0.1, 0.15) is 12.5 Å². The average molecular weight is 160 g/mol. The van der Waals surface area contributed by atoms with Gasteiger partial charge in [0, 0.05) is 12.8 Å². The van der Waals surface area contributed by atoms with E-state index >= 15 is 0 Å². The molecule has 1 N–H and O–H groups in total. The summed E-state index contributed by atoms with van der Waals surface area (Å²) >= 11 is 0. The van der Waals surface area contributed by atoms with Crippen LogP contribution in [0.3, 0.4) is 0 Å². The Morgan fingerprint density at radius 2 is 2.08 bits per heavy atom. The summed E-state index contributed by atoms with van der Waals surface area (Å²) in [6, 6.07) is 10.3. The van der Waals surface area contributed by atoms with E-state index in [0.29, 0.717) is 0 Å². The molecule has 0 fully saturated rings. The third-order valence-electron chi connectivity index (χ3n) is 2.22. The lowest BCUT2D eigenvalue weighted by Gasteiger charge is -2.21. The average Bonchev–Trinajstić information content (AvgIpc) is 2.55. The standard InChI is InChI=1S/C10H12N2/c1-10(11-7-8-12-10)9-5-3-2-4-6-9/h2-7,12H,8H2,1H3. The maximum atomic E-state index is 4.40. The van der Waals surface area contributed by atoms with E-state index in [2.05, 4.69) is 29.4 Å². The lowest BCUT2D eigenvalue weighted by Crippen LogP contribution is -2.33. The van der Waals surface area contributed by atoms with Crippen LogP contribution in [0.2, 0.25) is 0 Å². The second kappa shape index (κ2) is 2.72. The highest BCUT2D eigenvalue weighted by Gasteiger charge is 2.26. The molecule has 12 heavy (non-hydrogen) atoms. The summed E-state index contributed by atoms with van der Waals surface area (Å²) in [5.41, 5.74) is 1.03. The molecule has 1 unspecified atom stereocenters. The third-order valence-corrected chi connectivity index (χ3v) is 2.22. The van der Waals surface area contributed by atoms with Gasteiger partial charge in [0.05, 0.1) is 0 Å². The van der Waals surface area contributed by atoms with Gasteiger partial charge in [0.25, 0.3) is 0 Å². The lowest BCUT2D eigenvalue weighted by molar-refractivity contribution is 0.437. The molecular weight excluding hydrogens is 148 g/mol. The van der Waals surface area contributed by atoms with Gasteiger partial charge >= 0.3 is 0 Å². The van der Waals surface area contributed by atoms with Gasteiger partial charge < -0.3 is 0 Å². The molecule has 0 spiro atoms. The summed E-state index contributed by atoms with van der Waals surface area (Å²) < 4.78 is 0. The Hall–Kier alpha value is -1.15. The Morgan fingerprint density at radius 3 is 2.67 bits per heavy atom. The zero-order valence-corrected chi connectivity index (χ0v) is 7.12. The zero-order chi connectivity index (χ0) is 8.44. The summed E-state index contributed by atoms with van der Waals surface area (Å²) in [5, 5.41) is 3.33. The normalized spacial score (nSPS) is 27.8. The Kier molecular flexibility index (Phi) is 1.70. The summed E-state index contributed by atoms with van der Waals surface area (Å²) in [6.45, 7) is 2.96. The molecule has 62 valence electrons. The fourth-order valence-corrected chi connectivity index (χ4v) is 1.46. The fourth-order valence-electron chi connectivity index (χ4n) is 1.46. The number of aliphatic imine (C=N–C) groups is 1. The second-order valence-electron chi connectivity index (χ2n) is 3.13. The maximum Gasteiger partial charge on any atom is 0.133 e. The molecule has 0 radical (unpaired) electrons. The molecule has 1 aromatic carbocycles. The Morgan fingerprint density at radius 1 is 1.33 bits per heavy atom. The summed E-state index contributed by atoms with van der Waals surface area (Å²) in [6.07, 6.45) is 1.92. The molecule has 1 heterocycles. The molecule has 0 bridgehead atoms. The largest absolute Gasteiger partial charge is 0.285 e.